The molecule has 1 aliphatic heterocycles. The highest BCUT2D eigenvalue weighted by Gasteiger charge is 2.26. The van der Waals surface area contributed by atoms with Crippen LogP contribution >= 0.6 is 0 Å². The van der Waals surface area contributed by atoms with E-state index in [-0.39, 0.29) is 29.7 Å². The van der Waals surface area contributed by atoms with Gasteiger partial charge in [-0.15, -0.1) is 0 Å². The zero-order valence-corrected chi connectivity index (χ0v) is 16.3. The lowest BCUT2D eigenvalue weighted by molar-refractivity contribution is -0.384. The van der Waals surface area contributed by atoms with Crippen LogP contribution in [0.2, 0.25) is 0 Å². The van der Waals surface area contributed by atoms with E-state index >= 15 is 0 Å². The van der Waals surface area contributed by atoms with E-state index in [2.05, 4.69) is 5.32 Å². The molecule has 1 heterocycles. The Morgan fingerprint density at radius 3 is 2.59 bits per heavy atom. The molecule has 0 spiro atoms. The number of hydrogen-bond acceptors (Lipinski definition) is 7. The average Bonchev–Trinajstić information content (AvgIpc) is 3.33. The third-order valence-corrected chi connectivity index (χ3v) is 4.93. The fourth-order valence-electron chi connectivity index (χ4n) is 3.15. The molecule has 29 heavy (non-hydrogen) atoms. The lowest BCUT2D eigenvalue weighted by Crippen LogP contribution is -2.40. The first-order valence-corrected chi connectivity index (χ1v) is 9.59. The number of ether oxygens (including phenoxy) is 1. The Kier molecular flexibility index (Phi) is 6.30. The van der Waals surface area contributed by atoms with Crippen LogP contribution < -0.4 is 10.2 Å². The van der Waals surface area contributed by atoms with Gasteiger partial charge in [-0.25, -0.2) is 4.79 Å². The molecule has 1 N–H and O–H groups in total. The highest BCUT2D eigenvalue weighted by molar-refractivity contribution is 5.98. The molecule has 2 aliphatic rings. The van der Waals surface area contributed by atoms with Gasteiger partial charge in [0.25, 0.3) is 11.6 Å². The molecule has 3 rings (SSSR count). The zero-order chi connectivity index (χ0) is 21.0. The fraction of sp³-hybridized carbons (Fsp3) is 0.526. The van der Waals surface area contributed by atoms with Crippen molar-refractivity contribution in [1.82, 2.24) is 10.2 Å². The van der Waals surface area contributed by atoms with Gasteiger partial charge in [0.05, 0.1) is 22.7 Å². The average molecular weight is 404 g/mol. The topological polar surface area (TPSA) is 122 Å². The Morgan fingerprint density at radius 1 is 1.28 bits per heavy atom. The first-order valence-electron chi connectivity index (χ1n) is 9.59. The van der Waals surface area contributed by atoms with E-state index in [0.29, 0.717) is 5.69 Å². The highest BCUT2D eigenvalue weighted by Crippen LogP contribution is 2.29. The van der Waals surface area contributed by atoms with Crippen molar-refractivity contribution in [3.05, 3.63) is 33.9 Å². The summed E-state index contributed by atoms with van der Waals surface area (Å²) in [5.74, 6) is -1.60. The van der Waals surface area contributed by atoms with Crippen LogP contribution in [0, 0.1) is 10.1 Å². The lowest BCUT2D eigenvalue weighted by atomic mass is 10.1. The van der Waals surface area contributed by atoms with Gasteiger partial charge >= 0.3 is 5.97 Å². The maximum absolute atomic E-state index is 12.6. The molecule has 1 aromatic rings. The number of nitro groups is 1. The molecule has 2 fully saturated rings. The van der Waals surface area contributed by atoms with Gasteiger partial charge in [0, 0.05) is 38.3 Å². The SMILES string of the molecule is CN(CC(=O)NC1CC1)C(=O)COC(=O)c1cc([N+](=O)[O-])ccc1N1CCCC1. The van der Waals surface area contributed by atoms with E-state index in [0.717, 1.165) is 38.8 Å². The van der Waals surface area contributed by atoms with Crippen molar-refractivity contribution in [3.8, 4) is 0 Å². The first-order chi connectivity index (χ1) is 13.8. The molecule has 0 unspecified atom stereocenters. The van der Waals surface area contributed by atoms with Gasteiger partial charge < -0.3 is 19.9 Å². The van der Waals surface area contributed by atoms with Crippen molar-refractivity contribution in [2.45, 2.75) is 31.7 Å². The standard InChI is InChI=1S/C19H24N4O6/c1-21(11-17(24)20-13-4-5-13)18(25)12-29-19(26)15-10-14(23(27)28)6-7-16(15)22-8-2-3-9-22/h6-7,10,13H,2-5,8-9,11-12H2,1H3,(H,20,24). The first kappa shape index (κ1) is 20.6. The molecule has 0 bridgehead atoms. The molecule has 156 valence electrons. The second kappa shape index (κ2) is 8.89. The molecular formula is C19H24N4O6. The van der Waals surface area contributed by atoms with Crippen LogP contribution in [0.1, 0.15) is 36.0 Å². The van der Waals surface area contributed by atoms with Crippen LogP contribution in [0.3, 0.4) is 0 Å². The number of benzene rings is 1. The lowest BCUT2D eigenvalue weighted by Gasteiger charge is -2.21. The van der Waals surface area contributed by atoms with Crippen molar-refractivity contribution in [2.75, 3.05) is 38.2 Å². The summed E-state index contributed by atoms with van der Waals surface area (Å²) in [6.45, 7) is 0.822. The third kappa shape index (κ3) is 5.43. The maximum Gasteiger partial charge on any atom is 0.341 e. The number of nitrogens with one attached hydrogen (secondary N) is 1. The molecule has 1 saturated carbocycles. The van der Waals surface area contributed by atoms with E-state index in [1.165, 1.54) is 30.1 Å². The minimum Gasteiger partial charge on any atom is -0.452 e. The molecule has 2 amide bonds. The van der Waals surface area contributed by atoms with Crippen LogP contribution in [-0.4, -0.2) is 66.9 Å². The smallest absolute Gasteiger partial charge is 0.341 e. The highest BCUT2D eigenvalue weighted by atomic mass is 16.6. The number of nitrogens with zero attached hydrogens (tertiary/aromatic N) is 3. The van der Waals surface area contributed by atoms with Crippen molar-refractivity contribution in [1.29, 1.82) is 0 Å². The number of hydrogen-bond donors (Lipinski definition) is 1. The van der Waals surface area contributed by atoms with Gasteiger partial charge in [0.2, 0.25) is 5.91 Å². The van der Waals surface area contributed by atoms with Crippen molar-refractivity contribution in [3.63, 3.8) is 0 Å². The van der Waals surface area contributed by atoms with E-state index in [4.69, 9.17) is 4.74 Å². The largest absolute Gasteiger partial charge is 0.452 e. The van der Waals surface area contributed by atoms with Gasteiger partial charge in [0.15, 0.2) is 6.61 Å². The van der Waals surface area contributed by atoms with Crippen molar-refractivity contribution >= 4 is 29.2 Å². The van der Waals surface area contributed by atoms with E-state index in [1.54, 1.807) is 0 Å². The van der Waals surface area contributed by atoms with Gasteiger partial charge in [-0.05, 0) is 31.7 Å². The number of esters is 1. The predicted octanol–water partition coefficient (Wildman–Crippen LogP) is 1.09. The molecule has 10 nitrogen and oxygen atoms in total. The zero-order valence-electron chi connectivity index (χ0n) is 16.3. The Bertz CT molecular complexity index is 817. The minimum absolute atomic E-state index is 0.0584. The summed E-state index contributed by atoms with van der Waals surface area (Å²) >= 11 is 0. The number of non-ortho nitro benzene ring substituents is 1. The Hall–Kier alpha value is -3.17. The summed E-state index contributed by atoms with van der Waals surface area (Å²) in [6, 6.07) is 4.26. The van der Waals surface area contributed by atoms with E-state index in [9.17, 15) is 24.5 Å². The molecule has 0 radical (unpaired) electrons. The van der Waals surface area contributed by atoms with E-state index in [1.807, 2.05) is 4.90 Å². The predicted molar refractivity (Wildman–Crippen MR) is 104 cm³/mol. The summed E-state index contributed by atoms with van der Waals surface area (Å²) in [6.07, 6.45) is 3.84. The molecule has 1 aromatic carbocycles. The number of likely N-dealkylation sites (N-methyl/N-ethyl adjacent to an activating group) is 1. The maximum atomic E-state index is 12.6. The van der Waals surface area contributed by atoms with Crippen LogP contribution in [0.4, 0.5) is 11.4 Å². The molecule has 1 aliphatic carbocycles. The normalized spacial score (nSPS) is 15.7. The van der Waals surface area contributed by atoms with Gasteiger partial charge in [0.1, 0.15) is 0 Å². The summed E-state index contributed by atoms with van der Waals surface area (Å²) < 4.78 is 5.11. The fourth-order valence-corrected chi connectivity index (χ4v) is 3.15. The van der Waals surface area contributed by atoms with Crippen molar-refractivity contribution in [2.24, 2.45) is 0 Å². The molecule has 0 atom stereocenters. The molecule has 10 heteroatoms. The number of rotatable bonds is 8. The van der Waals surface area contributed by atoms with Gasteiger partial charge in [-0.3, -0.25) is 19.7 Å². The van der Waals surface area contributed by atoms with Crippen molar-refractivity contribution < 1.29 is 24.0 Å². The minimum atomic E-state index is -0.806. The second-order valence-corrected chi connectivity index (χ2v) is 7.32. The Balaban J connectivity index is 1.62. The van der Waals surface area contributed by atoms with Crippen LogP contribution in [0.15, 0.2) is 18.2 Å². The summed E-state index contributed by atoms with van der Waals surface area (Å²) in [4.78, 5) is 50.2. The van der Waals surface area contributed by atoms with Gasteiger partial charge in [-0.1, -0.05) is 0 Å². The summed E-state index contributed by atoms with van der Waals surface area (Å²) in [7, 11) is 1.45. The molecular weight excluding hydrogens is 380 g/mol. The Morgan fingerprint density at radius 2 is 1.97 bits per heavy atom. The second-order valence-electron chi connectivity index (χ2n) is 7.32. The number of carbonyl (C=O) groups is 3. The van der Waals surface area contributed by atoms with Crippen LogP contribution in [0.5, 0.6) is 0 Å². The molecule has 1 saturated heterocycles. The number of anilines is 1. The monoisotopic (exact) mass is 404 g/mol. The number of nitro benzene ring substituents is 1. The van der Waals surface area contributed by atoms with Crippen LogP contribution in [-0.2, 0) is 14.3 Å². The number of carbonyl (C=O) groups excluding carboxylic acids is 3. The summed E-state index contributed by atoms with van der Waals surface area (Å²) in [5, 5.41) is 13.9. The van der Waals surface area contributed by atoms with Gasteiger partial charge in [-0.2, -0.15) is 0 Å². The third-order valence-electron chi connectivity index (χ3n) is 4.93. The van der Waals surface area contributed by atoms with E-state index < -0.39 is 23.4 Å². The number of amides is 2. The molecule has 0 aromatic heterocycles. The van der Waals surface area contributed by atoms with Crippen LogP contribution in [0.25, 0.3) is 0 Å². The summed E-state index contributed by atoms with van der Waals surface area (Å²) in [5.41, 5.74) is 0.394. The quantitative estimate of drug-likeness (QED) is 0.391. The Labute approximate surface area is 167 Å².